The number of hydrogen-bond acceptors (Lipinski definition) is 2. The molecule has 2 amide bonds. The van der Waals surface area contributed by atoms with Crippen LogP contribution >= 0.6 is 0 Å². The molecule has 0 saturated carbocycles. The maximum Gasteiger partial charge on any atom is 0.387 e. The number of anilines is 1. The summed E-state index contributed by atoms with van der Waals surface area (Å²) >= 11 is 0. The molecule has 0 radical (unpaired) electrons. The van der Waals surface area contributed by atoms with E-state index in [1.54, 1.807) is 19.1 Å². The van der Waals surface area contributed by atoms with Crippen molar-refractivity contribution >= 4 is 11.7 Å². The molecule has 112 valence electrons. The quantitative estimate of drug-likeness (QED) is 0.747. The van der Waals surface area contributed by atoms with Crippen molar-refractivity contribution in [2.45, 2.75) is 39.7 Å². The topological polar surface area (TPSA) is 50.4 Å². The van der Waals surface area contributed by atoms with Gasteiger partial charge in [0.2, 0.25) is 0 Å². The van der Waals surface area contributed by atoms with Crippen LogP contribution in [0.25, 0.3) is 0 Å². The van der Waals surface area contributed by atoms with Crippen LogP contribution in [0.3, 0.4) is 0 Å². The Labute approximate surface area is 117 Å². The van der Waals surface area contributed by atoms with Crippen molar-refractivity contribution in [1.29, 1.82) is 0 Å². The minimum absolute atomic E-state index is 0.0591. The maximum absolute atomic E-state index is 12.2. The highest BCUT2D eigenvalue weighted by molar-refractivity contribution is 5.90. The van der Waals surface area contributed by atoms with Gasteiger partial charge in [0.15, 0.2) is 0 Å². The Morgan fingerprint density at radius 1 is 1.35 bits per heavy atom. The molecule has 0 aliphatic rings. The minimum atomic E-state index is -2.88. The first kappa shape index (κ1) is 16.2. The number of unbranched alkanes of at least 4 members (excludes halogenated alkanes) is 2. The summed E-state index contributed by atoms with van der Waals surface area (Å²) in [5, 5.41) is 5.34. The first-order chi connectivity index (χ1) is 9.54. The fraction of sp³-hybridized carbons (Fsp3) is 0.500. The van der Waals surface area contributed by atoms with E-state index in [2.05, 4.69) is 22.3 Å². The van der Waals surface area contributed by atoms with Gasteiger partial charge in [0, 0.05) is 17.8 Å². The minimum Gasteiger partial charge on any atom is -0.434 e. The van der Waals surface area contributed by atoms with Gasteiger partial charge in [0.1, 0.15) is 5.75 Å². The van der Waals surface area contributed by atoms with Crippen molar-refractivity contribution in [2.75, 3.05) is 11.9 Å². The van der Waals surface area contributed by atoms with Gasteiger partial charge in [-0.2, -0.15) is 8.78 Å². The van der Waals surface area contributed by atoms with E-state index in [-0.39, 0.29) is 11.8 Å². The number of urea groups is 1. The highest BCUT2D eigenvalue weighted by Crippen LogP contribution is 2.26. The Bertz CT molecular complexity index is 439. The first-order valence-corrected chi connectivity index (χ1v) is 6.64. The van der Waals surface area contributed by atoms with E-state index in [1.807, 2.05) is 0 Å². The number of hydrogen-bond donors (Lipinski definition) is 2. The molecule has 0 unspecified atom stereocenters. The lowest BCUT2D eigenvalue weighted by molar-refractivity contribution is -0.0502. The molecule has 0 bridgehead atoms. The predicted octanol–water partition coefficient (Wildman–Crippen LogP) is 3.91. The van der Waals surface area contributed by atoms with Gasteiger partial charge in [-0.3, -0.25) is 0 Å². The van der Waals surface area contributed by atoms with E-state index < -0.39 is 6.61 Å². The molecular weight excluding hydrogens is 266 g/mol. The van der Waals surface area contributed by atoms with Crippen LogP contribution in [0.15, 0.2) is 18.2 Å². The molecule has 20 heavy (non-hydrogen) atoms. The van der Waals surface area contributed by atoms with E-state index in [0.717, 1.165) is 19.3 Å². The largest absolute Gasteiger partial charge is 0.434 e. The average Bonchev–Trinajstić information content (AvgIpc) is 2.39. The van der Waals surface area contributed by atoms with Gasteiger partial charge in [-0.15, -0.1) is 0 Å². The van der Waals surface area contributed by atoms with Gasteiger partial charge < -0.3 is 15.4 Å². The van der Waals surface area contributed by atoms with Crippen LogP contribution in [0.1, 0.15) is 31.7 Å². The normalized spacial score (nSPS) is 10.4. The molecule has 1 aromatic carbocycles. The zero-order valence-electron chi connectivity index (χ0n) is 11.7. The summed E-state index contributed by atoms with van der Waals surface area (Å²) in [5.41, 5.74) is 0.924. The van der Waals surface area contributed by atoms with E-state index in [1.165, 1.54) is 6.07 Å². The van der Waals surface area contributed by atoms with Gasteiger partial charge in [-0.25, -0.2) is 4.79 Å². The van der Waals surface area contributed by atoms with Crippen LogP contribution in [-0.2, 0) is 0 Å². The molecule has 0 fully saturated rings. The Morgan fingerprint density at radius 2 is 2.10 bits per heavy atom. The van der Waals surface area contributed by atoms with Crippen LogP contribution in [0.5, 0.6) is 5.75 Å². The summed E-state index contributed by atoms with van der Waals surface area (Å²) < 4.78 is 28.8. The maximum atomic E-state index is 12.2. The van der Waals surface area contributed by atoms with Crippen molar-refractivity contribution in [3.05, 3.63) is 23.8 Å². The molecule has 0 aromatic heterocycles. The number of benzene rings is 1. The molecule has 0 spiro atoms. The third-order valence-corrected chi connectivity index (χ3v) is 2.81. The Kier molecular flexibility index (Phi) is 6.76. The molecule has 1 aromatic rings. The van der Waals surface area contributed by atoms with Crippen LogP contribution in [-0.4, -0.2) is 19.2 Å². The molecule has 0 saturated heterocycles. The van der Waals surface area contributed by atoms with E-state index >= 15 is 0 Å². The lowest BCUT2D eigenvalue weighted by atomic mass is 10.2. The lowest BCUT2D eigenvalue weighted by Crippen LogP contribution is -2.29. The lowest BCUT2D eigenvalue weighted by Gasteiger charge is -2.13. The van der Waals surface area contributed by atoms with E-state index in [4.69, 9.17) is 0 Å². The van der Waals surface area contributed by atoms with Gasteiger partial charge >= 0.3 is 12.6 Å². The number of carbonyl (C=O) groups excluding carboxylic acids is 1. The molecule has 0 aliphatic heterocycles. The van der Waals surface area contributed by atoms with Crippen molar-refractivity contribution < 1.29 is 18.3 Å². The molecule has 0 heterocycles. The zero-order valence-corrected chi connectivity index (χ0v) is 11.7. The fourth-order valence-corrected chi connectivity index (χ4v) is 1.72. The Hall–Kier alpha value is -1.85. The second-order valence-corrected chi connectivity index (χ2v) is 4.40. The van der Waals surface area contributed by atoms with Crippen LogP contribution < -0.4 is 15.4 Å². The number of alkyl halides is 2. The number of amides is 2. The highest BCUT2D eigenvalue weighted by Gasteiger charge is 2.11. The monoisotopic (exact) mass is 286 g/mol. The number of rotatable bonds is 7. The highest BCUT2D eigenvalue weighted by atomic mass is 19.3. The summed E-state index contributed by atoms with van der Waals surface area (Å²) in [6.07, 6.45) is 3.05. The third kappa shape index (κ3) is 5.42. The standard InChI is InChI=1S/C14H20F2N2O2/c1-3-4-5-9-17-14(19)18-11-7-6-8-12(10(11)2)20-13(15)16/h6-8,13H,3-5,9H2,1-2H3,(H2,17,18,19). The van der Waals surface area contributed by atoms with Gasteiger partial charge in [0.25, 0.3) is 0 Å². The average molecular weight is 286 g/mol. The van der Waals surface area contributed by atoms with Crippen molar-refractivity contribution in [2.24, 2.45) is 0 Å². The molecule has 4 nitrogen and oxygen atoms in total. The van der Waals surface area contributed by atoms with E-state index in [0.29, 0.717) is 17.8 Å². The summed E-state index contributed by atoms with van der Waals surface area (Å²) in [5.74, 6) is 0.0591. The van der Waals surface area contributed by atoms with Crippen LogP contribution in [0, 0.1) is 6.92 Å². The Balaban J connectivity index is 2.56. The molecule has 6 heteroatoms. The number of ether oxygens (including phenoxy) is 1. The predicted molar refractivity (Wildman–Crippen MR) is 74.4 cm³/mol. The zero-order chi connectivity index (χ0) is 15.0. The fourth-order valence-electron chi connectivity index (χ4n) is 1.72. The van der Waals surface area contributed by atoms with Crippen molar-refractivity contribution in [3.8, 4) is 5.75 Å². The molecule has 0 atom stereocenters. The van der Waals surface area contributed by atoms with Crippen LogP contribution in [0.4, 0.5) is 19.3 Å². The molecule has 0 aliphatic carbocycles. The van der Waals surface area contributed by atoms with Crippen LogP contribution in [0.2, 0.25) is 0 Å². The summed E-state index contributed by atoms with van der Waals surface area (Å²) in [7, 11) is 0. The van der Waals surface area contributed by atoms with Crippen molar-refractivity contribution in [3.63, 3.8) is 0 Å². The van der Waals surface area contributed by atoms with Gasteiger partial charge in [-0.05, 0) is 25.5 Å². The summed E-state index contributed by atoms with van der Waals surface area (Å²) in [6, 6.07) is 4.28. The summed E-state index contributed by atoms with van der Waals surface area (Å²) in [4.78, 5) is 11.7. The second-order valence-electron chi connectivity index (χ2n) is 4.40. The number of halogens is 2. The molecule has 1 rings (SSSR count). The third-order valence-electron chi connectivity index (χ3n) is 2.81. The van der Waals surface area contributed by atoms with E-state index in [9.17, 15) is 13.6 Å². The summed E-state index contributed by atoms with van der Waals surface area (Å²) in [6.45, 7) is 1.40. The SMILES string of the molecule is CCCCCNC(=O)Nc1cccc(OC(F)F)c1C. The molecule has 2 N–H and O–H groups in total. The van der Waals surface area contributed by atoms with Gasteiger partial charge in [0.05, 0.1) is 0 Å². The first-order valence-electron chi connectivity index (χ1n) is 6.64. The number of nitrogens with one attached hydrogen (secondary N) is 2. The number of carbonyl (C=O) groups is 1. The molecular formula is C14H20F2N2O2. The Morgan fingerprint density at radius 3 is 2.75 bits per heavy atom. The van der Waals surface area contributed by atoms with Gasteiger partial charge in [-0.1, -0.05) is 25.8 Å². The van der Waals surface area contributed by atoms with Crippen molar-refractivity contribution in [1.82, 2.24) is 5.32 Å². The second kappa shape index (κ2) is 8.35. The smallest absolute Gasteiger partial charge is 0.387 e.